The minimum absolute atomic E-state index is 0. The quantitative estimate of drug-likeness (QED) is 0.325. The lowest BCUT2D eigenvalue weighted by Crippen LogP contribution is -2.37. The second kappa shape index (κ2) is 9.13. The Labute approximate surface area is 181 Å². The van der Waals surface area contributed by atoms with Gasteiger partial charge in [-0.3, -0.25) is 4.99 Å². The first-order valence-corrected chi connectivity index (χ1v) is 8.99. The number of imidazole rings is 1. The van der Waals surface area contributed by atoms with E-state index in [4.69, 9.17) is 14.5 Å². The number of aromatic nitrogens is 2. The number of halogens is 1. The molecule has 28 heavy (non-hydrogen) atoms. The molecule has 8 heteroatoms. The number of fused-ring (bicyclic) bond motifs is 2. The Morgan fingerprint density at radius 2 is 2.07 bits per heavy atom. The van der Waals surface area contributed by atoms with Crippen LogP contribution in [0.2, 0.25) is 0 Å². The Balaban J connectivity index is 0.00000225. The molecule has 0 amide bonds. The van der Waals surface area contributed by atoms with E-state index in [1.54, 1.807) is 7.05 Å². The van der Waals surface area contributed by atoms with Gasteiger partial charge in [-0.1, -0.05) is 12.1 Å². The van der Waals surface area contributed by atoms with Gasteiger partial charge in [0.25, 0.3) is 0 Å². The summed E-state index contributed by atoms with van der Waals surface area (Å²) in [4.78, 5) is 8.98. The monoisotopic (exact) mass is 493 g/mol. The van der Waals surface area contributed by atoms with Crippen LogP contribution < -0.4 is 20.1 Å². The van der Waals surface area contributed by atoms with Crippen molar-refractivity contribution in [3.63, 3.8) is 0 Å². The Bertz CT molecular complexity index is 986. The normalized spacial score (nSPS) is 12.7. The SMILES string of the molecule is CN=C(NCCc1cn2cccc(C)c2n1)NCc1ccc2c(c1)OCO2.I. The number of pyridine rings is 1. The molecule has 0 saturated heterocycles. The largest absolute Gasteiger partial charge is 0.454 e. The van der Waals surface area contributed by atoms with E-state index in [0.29, 0.717) is 6.54 Å². The number of hydrogen-bond acceptors (Lipinski definition) is 4. The molecular weight excluding hydrogens is 469 g/mol. The number of nitrogens with zero attached hydrogens (tertiary/aromatic N) is 3. The average Bonchev–Trinajstić information content (AvgIpc) is 3.31. The van der Waals surface area contributed by atoms with Gasteiger partial charge in [-0.15, -0.1) is 24.0 Å². The van der Waals surface area contributed by atoms with Crippen LogP contribution in [0.25, 0.3) is 5.65 Å². The van der Waals surface area contributed by atoms with Crippen molar-refractivity contribution in [2.75, 3.05) is 20.4 Å². The summed E-state index contributed by atoms with van der Waals surface area (Å²) < 4.78 is 12.8. The maximum atomic E-state index is 5.41. The first-order valence-electron chi connectivity index (χ1n) is 8.99. The number of guanidine groups is 1. The molecule has 0 radical (unpaired) electrons. The minimum Gasteiger partial charge on any atom is -0.454 e. The van der Waals surface area contributed by atoms with Crippen LogP contribution in [0.4, 0.5) is 0 Å². The van der Waals surface area contributed by atoms with Gasteiger partial charge < -0.3 is 24.5 Å². The average molecular weight is 493 g/mol. The first-order chi connectivity index (χ1) is 13.2. The maximum absolute atomic E-state index is 5.41. The topological polar surface area (TPSA) is 72.2 Å². The molecule has 4 rings (SSSR count). The van der Waals surface area contributed by atoms with Crippen LogP contribution >= 0.6 is 24.0 Å². The Hall–Kier alpha value is -2.49. The maximum Gasteiger partial charge on any atom is 0.231 e. The van der Waals surface area contributed by atoms with E-state index >= 15 is 0 Å². The van der Waals surface area contributed by atoms with Gasteiger partial charge in [0.1, 0.15) is 5.65 Å². The summed E-state index contributed by atoms with van der Waals surface area (Å²) in [5.41, 5.74) is 4.36. The van der Waals surface area contributed by atoms with Gasteiger partial charge in [0, 0.05) is 39.0 Å². The van der Waals surface area contributed by atoms with Crippen molar-refractivity contribution < 1.29 is 9.47 Å². The summed E-state index contributed by atoms with van der Waals surface area (Å²) in [7, 11) is 1.77. The van der Waals surface area contributed by atoms with Gasteiger partial charge >= 0.3 is 0 Å². The van der Waals surface area contributed by atoms with Crippen LogP contribution in [-0.4, -0.2) is 35.7 Å². The summed E-state index contributed by atoms with van der Waals surface area (Å²) in [5.74, 6) is 2.34. The van der Waals surface area contributed by atoms with Crippen molar-refractivity contribution in [3.8, 4) is 11.5 Å². The van der Waals surface area contributed by atoms with E-state index in [-0.39, 0.29) is 30.8 Å². The zero-order valence-electron chi connectivity index (χ0n) is 15.9. The number of aliphatic imine (C=N–C) groups is 1. The summed E-state index contributed by atoms with van der Waals surface area (Å²) in [6, 6.07) is 10.1. The highest BCUT2D eigenvalue weighted by Crippen LogP contribution is 2.32. The van der Waals surface area contributed by atoms with Crippen LogP contribution in [0.5, 0.6) is 11.5 Å². The van der Waals surface area contributed by atoms with Crippen LogP contribution in [0.15, 0.2) is 47.7 Å². The summed E-state index contributed by atoms with van der Waals surface area (Å²) >= 11 is 0. The molecule has 1 aromatic carbocycles. The number of benzene rings is 1. The van der Waals surface area contributed by atoms with E-state index in [9.17, 15) is 0 Å². The molecular formula is C20H24IN5O2. The lowest BCUT2D eigenvalue weighted by Gasteiger charge is -2.11. The molecule has 0 atom stereocenters. The molecule has 0 fully saturated rings. The van der Waals surface area contributed by atoms with Gasteiger partial charge in [0.05, 0.1) is 5.69 Å². The minimum atomic E-state index is 0. The molecule has 0 unspecified atom stereocenters. The number of ether oxygens (including phenoxy) is 2. The number of aryl methyl sites for hydroxylation is 1. The van der Waals surface area contributed by atoms with Gasteiger partial charge in [-0.05, 0) is 36.2 Å². The Morgan fingerprint density at radius 1 is 1.21 bits per heavy atom. The molecule has 7 nitrogen and oxygen atoms in total. The Kier molecular flexibility index (Phi) is 6.61. The van der Waals surface area contributed by atoms with E-state index < -0.39 is 0 Å². The second-order valence-electron chi connectivity index (χ2n) is 6.44. The van der Waals surface area contributed by atoms with Crippen LogP contribution in [0, 0.1) is 6.92 Å². The predicted molar refractivity (Wildman–Crippen MR) is 120 cm³/mol. The lowest BCUT2D eigenvalue weighted by atomic mass is 10.2. The van der Waals surface area contributed by atoms with Gasteiger partial charge in [0.2, 0.25) is 6.79 Å². The van der Waals surface area contributed by atoms with Crippen LogP contribution in [0.1, 0.15) is 16.8 Å². The standard InChI is InChI=1S/C20H23N5O2.HI/c1-14-4-3-9-25-12-16(24-19(14)25)7-8-22-20(21-2)23-11-15-5-6-17-18(10-15)27-13-26-17;/h3-6,9-10,12H,7-8,11,13H2,1-2H3,(H2,21,22,23);1H. The zero-order valence-corrected chi connectivity index (χ0v) is 18.3. The molecule has 3 heterocycles. The van der Waals surface area contributed by atoms with Crippen molar-refractivity contribution in [2.45, 2.75) is 19.9 Å². The molecule has 3 aromatic rings. The molecule has 148 valence electrons. The fraction of sp³-hybridized carbons (Fsp3) is 0.300. The van der Waals surface area contributed by atoms with Gasteiger partial charge in [-0.2, -0.15) is 0 Å². The molecule has 0 bridgehead atoms. The van der Waals surface area contributed by atoms with Crippen molar-refractivity contribution in [2.24, 2.45) is 4.99 Å². The molecule has 2 aromatic heterocycles. The summed E-state index contributed by atoms with van der Waals surface area (Å²) in [6.45, 7) is 3.78. The van der Waals surface area contributed by atoms with Crippen molar-refractivity contribution in [1.82, 2.24) is 20.0 Å². The van der Waals surface area contributed by atoms with E-state index in [1.807, 2.05) is 30.5 Å². The third kappa shape index (κ3) is 4.49. The van der Waals surface area contributed by atoms with Gasteiger partial charge in [0.15, 0.2) is 17.5 Å². The predicted octanol–water partition coefficient (Wildman–Crippen LogP) is 2.90. The molecule has 2 N–H and O–H groups in total. The molecule has 0 saturated carbocycles. The van der Waals surface area contributed by atoms with Crippen LogP contribution in [0.3, 0.4) is 0 Å². The zero-order chi connectivity index (χ0) is 18.6. The molecule has 1 aliphatic rings. The molecule has 0 spiro atoms. The third-order valence-electron chi connectivity index (χ3n) is 4.52. The smallest absolute Gasteiger partial charge is 0.231 e. The van der Waals surface area contributed by atoms with Crippen molar-refractivity contribution in [3.05, 3.63) is 59.5 Å². The molecule has 1 aliphatic heterocycles. The van der Waals surface area contributed by atoms with E-state index in [1.165, 1.54) is 5.56 Å². The van der Waals surface area contributed by atoms with E-state index in [0.717, 1.165) is 47.3 Å². The van der Waals surface area contributed by atoms with Crippen molar-refractivity contribution in [1.29, 1.82) is 0 Å². The van der Waals surface area contributed by atoms with Gasteiger partial charge in [-0.25, -0.2) is 4.98 Å². The number of nitrogens with one attached hydrogen (secondary N) is 2. The molecule has 0 aliphatic carbocycles. The highest BCUT2D eigenvalue weighted by Gasteiger charge is 2.13. The number of rotatable bonds is 5. The lowest BCUT2D eigenvalue weighted by molar-refractivity contribution is 0.174. The summed E-state index contributed by atoms with van der Waals surface area (Å²) in [5, 5.41) is 6.65. The van der Waals surface area contributed by atoms with Crippen molar-refractivity contribution >= 4 is 35.6 Å². The third-order valence-corrected chi connectivity index (χ3v) is 4.52. The summed E-state index contributed by atoms with van der Waals surface area (Å²) in [6.07, 6.45) is 4.93. The number of hydrogen-bond donors (Lipinski definition) is 2. The highest BCUT2D eigenvalue weighted by atomic mass is 127. The fourth-order valence-corrected chi connectivity index (χ4v) is 3.09. The van der Waals surface area contributed by atoms with Crippen LogP contribution in [-0.2, 0) is 13.0 Å². The first kappa shape index (κ1) is 20.2. The highest BCUT2D eigenvalue weighted by molar-refractivity contribution is 14.0. The Morgan fingerprint density at radius 3 is 2.89 bits per heavy atom. The second-order valence-corrected chi connectivity index (χ2v) is 6.44. The fourth-order valence-electron chi connectivity index (χ4n) is 3.09. The van der Waals surface area contributed by atoms with E-state index in [2.05, 4.69) is 39.2 Å².